The third kappa shape index (κ3) is 3.93. The van der Waals surface area contributed by atoms with Crippen LogP contribution in [0.2, 0.25) is 0 Å². The van der Waals surface area contributed by atoms with E-state index in [1.807, 2.05) is 48.5 Å². The second-order valence-electron chi connectivity index (χ2n) is 4.80. The summed E-state index contributed by atoms with van der Waals surface area (Å²) in [4.78, 5) is 12.0. The molecule has 1 amide bonds. The number of nitrogens with one attached hydrogen (secondary N) is 1. The predicted octanol–water partition coefficient (Wildman–Crippen LogP) is 2.89. The first kappa shape index (κ1) is 14.3. The third-order valence-corrected chi connectivity index (χ3v) is 3.27. The quantitative estimate of drug-likeness (QED) is 0.876. The summed E-state index contributed by atoms with van der Waals surface area (Å²) in [5.41, 5.74) is 9.71. The number of benzene rings is 2. The van der Waals surface area contributed by atoms with E-state index in [1.54, 1.807) is 0 Å². The fraction of sp³-hybridized carbons (Fsp3) is 0.235. The smallest absolute Gasteiger partial charge is 0.228 e. The highest BCUT2D eigenvalue weighted by molar-refractivity contribution is 5.92. The number of nitrogens with two attached hydrogens (primary N) is 1. The molecule has 0 aliphatic rings. The van der Waals surface area contributed by atoms with Crippen LogP contribution in [0.25, 0.3) is 0 Å². The number of anilines is 1. The van der Waals surface area contributed by atoms with E-state index in [2.05, 4.69) is 12.2 Å². The molecule has 20 heavy (non-hydrogen) atoms. The average Bonchev–Trinajstić information content (AvgIpc) is 2.49. The van der Waals surface area contributed by atoms with E-state index >= 15 is 0 Å². The van der Waals surface area contributed by atoms with Crippen molar-refractivity contribution in [2.75, 3.05) is 5.32 Å². The van der Waals surface area contributed by atoms with E-state index in [1.165, 1.54) is 5.56 Å². The normalized spacial score (nSPS) is 10.3. The van der Waals surface area contributed by atoms with Gasteiger partial charge in [0, 0.05) is 12.2 Å². The molecule has 0 fully saturated rings. The second-order valence-corrected chi connectivity index (χ2v) is 4.80. The number of hydrogen-bond donors (Lipinski definition) is 2. The van der Waals surface area contributed by atoms with Gasteiger partial charge in [0.1, 0.15) is 0 Å². The standard InChI is InChI=1S/C17H20N2O/c1-2-13-7-9-16(10-8-13)19-17(20)11-14-3-5-15(12-18)6-4-14/h3-10H,2,11-12,18H2,1H3,(H,19,20). The molecule has 2 rings (SSSR count). The van der Waals surface area contributed by atoms with Gasteiger partial charge in [-0.15, -0.1) is 0 Å². The van der Waals surface area contributed by atoms with Crippen molar-refractivity contribution in [2.45, 2.75) is 26.3 Å². The number of aryl methyl sites for hydroxylation is 1. The molecular weight excluding hydrogens is 248 g/mol. The molecule has 0 radical (unpaired) electrons. The zero-order chi connectivity index (χ0) is 14.4. The monoisotopic (exact) mass is 268 g/mol. The summed E-state index contributed by atoms with van der Waals surface area (Å²) in [5.74, 6) is -0.00486. The Kier molecular flexibility index (Phi) is 4.91. The molecule has 3 N–H and O–H groups in total. The Morgan fingerprint density at radius 3 is 2.05 bits per heavy atom. The van der Waals surface area contributed by atoms with Crippen LogP contribution in [0.1, 0.15) is 23.6 Å². The first-order chi connectivity index (χ1) is 9.71. The lowest BCUT2D eigenvalue weighted by atomic mass is 10.1. The Morgan fingerprint density at radius 1 is 0.950 bits per heavy atom. The molecule has 0 saturated carbocycles. The molecule has 0 aliphatic heterocycles. The fourth-order valence-electron chi connectivity index (χ4n) is 2.01. The lowest BCUT2D eigenvalue weighted by molar-refractivity contribution is -0.115. The van der Waals surface area contributed by atoms with Gasteiger partial charge in [0.2, 0.25) is 5.91 Å². The minimum atomic E-state index is -0.00486. The van der Waals surface area contributed by atoms with Crippen molar-refractivity contribution < 1.29 is 4.79 Å². The largest absolute Gasteiger partial charge is 0.326 e. The van der Waals surface area contributed by atoms with Crippen molar-refractivity contribution in [1.82, 2.24) is 0 Å². The lowest BCUT2D eigenvalue weighted by Gasteiger charge is -2.06. The highest BCUT2D eigenvalue weighted by Gasteiger charge is 2.04. The summed E-state index contributed by atoms with van der Waals surface area (Å²) >= 11 is 0. The van der Waals surface area contributed by atoms with Crippen LogP contribution in [0.4, 0.5) is 5.69 Å². The van der Waals surface area contributed by atoms with Crippen LogP contribution in [0.15, 0.2) is 48.5 Å². The Labute approximate surface area is 119 Å². The number of amides is 1. The first-order valence-electron chi connectivity index (χ1n) is 6.88. The average molecular weight is 268 g/mol. The zero-order valence-corrected chi connectivity index (χ0v) is 11.7. The highest BCUT2D eigenvalue weighted by atomic mass is 16.1. The molecule has 2 aromatic rings. The van der Waals surface area contributed by atoms with Crippen LogP contribution in [0.5, 0.6) is 0 Å². The molecule has 0 saturated heterocycles. The van der Waals surface area contributed by atoms with Crippen LogP contribution in [-0.2, 0) is 24.2 Å². The van der Waals surface area contributed by atoms with Gasteiger partial charge in [-0.3, -0.25) is 4.79 Å². The summed E-state index contributed by atoms with van der Waals surface area (Å²) < 4.78 is 0. The molecule has 0 spiro atoms. The number of carbonyl (C=O) groups is 1. The second kappa shape index (κ2) is 6.87. The van der Waals surface area contributed by atoms with Gasteiger partial charge in [-0.2, -0.15) is 0 Å². The molecule has 0 heterocycles. The molecule has 0 aliphatic carbocycles. The topological polar surface area (TPSA) is 55.1 Å². The van der Waals surface area contributed by atoms with Gasteiger partial charge in [0.15, 0.2) is 0 Å². The molecule has 3 heteroatoms. The van der Waals surface area contributed by atoms with Gasteiger partial charge in [-0.05, 0) is 35.2 Å². The van der Waals surface area contributed by atoms with Crippen molar-refractivity contribution >= 4 is 11.6 Å². The molecule has 0 bridgehead atoms. The maximum atomic E-state index is 12.0. The zero-order valence-electron chi connectivity index (χ0n) is 11.7. The van der Waals surface area contributed by atoms with Crippen molar-refractivity contribution in [3.63, 3.8) is 0 Å². The maximum Gasteiger partial charge on any atom is 0.228 e. The van der Waals surface area contributed by atoms with Crippen LogP contribution in [-0.4, -0.2) is 5.91 Å². The van der Waals surface area contributed by atoms with Gasteiger partial charge >= 0.3 is 0 Å². The summed E-state index contributed by atoms with van der Waals surface area (Å²) in [6, 6.07) is 15.8. The van der Waals surface area contributed by atoms with Crippen molar-refractivity contribution in [1.29, 1.82) is 0 Å². The van der Waals surface area contributed by atoms with E-state index < -0.39 is 0 Å². The number of rotatable bonds is 5. The number of carbonyl (C=O) groups excluding carboxylic acids is 1. The summed E-state index contributed by atoms with van der Waals surface area (Å²) in [7, 11) is 0. The van der Waals surface area contributed by atoms with Gasteiger partial charge in [0.05, 0.1) is 6.42 Å². The molecule has 0 aromatic heterocycles. The molecular formula is C17H20N2O. The van der Waals surface area contributed by atoms with Gasteiger partial charge < -0.3 is 11.1 Å². The minimum absolute atomic E-state index is 0.00486. The molecule has 3 nitrogen and oxygen atoms in total. The van der Waals surface area contributed by atoms with E-state index in [0.29, 0.717) is 13.0 Å². The first-order valence-corrected chi connectivity index (χ1v) is 6.88. The fourth-order valence-corrected chi connectivity index (χ4v) is 2.01. The van der Waals surface area contributed by atoms with E-state index in [4.69, 9.17) is 5.73 Å². The number of hydrogen-bond acceptors (Lipinski definition) is 2. The van der Waals surface area contributed by atoms with Crippen molar-refractivity contribution in [2.24, 2.45) is 5.73 Å². The van der Waals surface area contributed by atoms with E-state index in [-0.39, 0.29) is 5.91 Å². The van der Waals surface area contributed by atoms with Crippen molar-refractivity contribution in [3.8, 4) is 0 Å². The summed E-state index contributed by atoms with van der Waals surface area (Å²) in [5, 5.41) is 2.91. The Bertz CT molecular complexity index is 507. The van der Waals surface area contributed by atoms with Gasteiger partial charge in [0.25, 0.3) is 0 Å². The predicted molar refractivity (Wildman–Crippen MR) is 82.5 cm³/mol. The van der Waals surface area contributed by atoms with Gasteiger partial charge in [-0.25, -0.2) is 0 Å². The van der Waals surface area contributed by atoms with Crippen molar-refractivity contribution in [3.05, 3.63) is 65.2 Å². The summed E-state index contributed by atoms with van der Waals surface area (Å²) in [6.07, 6.45) is 1.38. The van der Waals surface area contributed by atoms with Crippen LogP contribution >= 0.6 is 0 Å². The van der Waals surface area contributed by atoms with E-state index in [9.17, 15) is 4.79 Å². The Morgan fingerprint density at radius 2 is 1.50 bits per heavy atom. The van der Waals surface area contributed by atoms with Crippen LogP contribution in [0, 0.1) is 0 Å². The van der Waals surface area contributed by atoms with Crippen LogP contribution < -0.4 is 11.1 Å². The lowest BCUT2D eigenvalue weighted by Crippen LogP contribution is -2.14. The van der Waals surface area contributed by atoms with Gasteiger partial charge in [-0.1, -0.05) is 43.3 Å². The van der Waals surface area contributed by atoms with E-state index in [0.717, 1.165) is 23.2 Å². The summed E-state index contributed by atoms with van der Waals surface area (Å²) in [6.45, 7) is 2.63. The Balaban J connectivity index is 1.93. The maximum absolute atomic E-state index is 12.0. The minimum Gasteiger partial charge on any atom is -0.326 e. The highest BCUT2D eigenvalue weighted by Crippen LogP contribution is 2.11. The molecule has 2 aromatic carbocycles. The molecule has 0 atom stereocenters. The van der Waals surface area contributed by atoms with Crippen LogP contribution in [0.3, 0.4) is 0 Å². The molecule has 0 unspecified atom stereocenters. The molecule has 104 valence electrons. The SMILES string of the molecule is CCc1ccc(NC(=O)Cc2ccc(CN)cc2)cc1. The Hall–Kier alpha value is -2.13. The third-order valence-electron chi connectivity index (χ3n) is 3.27.